The normalized spacial score (nSPS) is 12.6. The second kappa shape index (κ2) is 4.07. The molecule has 66 valence electrons. The van der Waals surface area contributed by atoms with Crippen molar-refractivity contribution in [3.05, 3.63) is 24.0 Å². The fraction of sp³-hybridized carbons (Fsp3) is 0.444. The van der Waals surface area contributed by atoms with Gasteiger partial charge in [-0.3, -0.25) is 4.98 Å². The summed E-state index contributed by atoms with van der Waals surface area (Å²) in [6.45, 7) is 4.24. The third-order valence-electron chi connectivity index (χ3n) is 1.50. The van der Waals surface area contributed by atoms with E-state index in [-0.39, 0.29) is 0 Å². The molecule has 3 heteroatoms. The molecule has 0 spiro atoms. The van der Waals surface area contributed by atoms with Gasteiger partial charge in [-0.1, -0.05) is 0 Å². The van der Waals surface area contributed by atoms with E-state index in [1.54, 1.807) is 25.3 Å². The molecule has 0 saturated heterocycles. The third-order valence-corrected chi connectivity index (χ3v) is 1.50. The Bertz CT molecular complexity index is 231. The summed E-state index contributed by atoms with van der Waals surface area (Å²) in [6, 6.07) is 3.56. The fourth-order valence-corrected chi connectivity index (χ4v) is 0.891. The number of rotatable bonds is 3. The van der Waals surface area contributed by atoms with E-state index in [1.807, 2.05) is 6.92 Å². The summed E-state index contributed by atoms with van der Waals surface area (Å²) in [5.41, 5.74) is 0.665. The number of aliphatic hydroxyl groups excluding tert-OH is 1. The predicted molar refractivity (Wildman–Crippen MR) is 46.0 cm³/mol. The zero-order valence-electron chi connectivity index (χ0n) is 7.32. The minimum atomic E-state index is -0.513. The molecule has 0 aromatic carbocycles. The van der Waals surface area contributed by atoms with Crippen LogP contribution in [0.3, 0.4) is 0 Å². The smallest absolute Gasteiger partial charge is 0.137 e. The Hall–Kier alpha value is -1.09. The molecular formula is C9H13NO2. The highest BCUT2D eigenvalue weighted by Gasteiger charge is 2.01. The number of aliphatic hydroxyl groups is 1. The van der Waals surface area contributed by atoms with Gasteiger partial charge in [0, 0.05) is 0 Å². The Morgan fingerprint density at radius 2 is 2.33 bits per heavy atom. The van der Waals surface area contributed by atoms with Crippen molar-refractivity contribution in [1.29, 1.82) is 0 Å². The molecule has 1 aromatic rings. The maximum absolute atomic E-state index is 9.14. The lowest BCUT2D eigenvalue weighted by molar-refractivity contribution is 0.194. The number of nitrogens with zero attached hydrogens (tertiary/aromatic N) is 1. The number of pyridine rings is 1. The van der Waals surface area contributed by atoms with Gasteiger partial charge < -0.3 is 9.84 Å². The molecule has 0 aliphatic rings. The molecule has 0 radical (unpaired) electrons. The fourth-order valence-electron chi connectivity index (χ4n) is 0.891. The number of hydrogen-bond acceptors (Lipinski definition) is 3. The van der Waals surface area contributed by atoms with Gasteiger partial charge >= 0.3 is 0 Å². The van der Waals surface area contributed by atoms with Crippen LogP contribution >= 0.6 is 0 Å². The first-order valence-electron chi connectivity index (χ1n) is 4.01. The van der Waals surface area contributed by atoms with Crippen molar-refractivity contribution in [3.8, 4) is 5.75 Å². The van der Waals surface area contributed by atoms with Crippen LogP contribution in [0.2, 0.25) is 0 Å². The molecule has 0 aliphatic carbocycles. The molecule has 12 heavy (non-hydrogen) atoms. The van der Waals surface area contributed by atoms with Crippen LogP contribution in [0.5, 0.6) is 5.75 Å². The van der Waals surface area contributed by atoms with Crippen LogP contribution in [0.15, 0.2) is 18.3 Å². The molecule has 0 fully saturated rings. The zero-order chi connectivity index (χ0) is 8.97. The van der Waals surface area contributed by atoms with Crippen LogP contribution in [0.25, 0.3) is 0 Å². The Kier molecular flexibility index (Phi) is 3.05. The van der Waals surface area contributed by atoms with Gasteiger partial charge in [-0.05, 0) is 26.0 Å². The molecule has 1 atom stereocenters. The van der Waals surface area contributed by atoms with Crippen molar-refractivity contribution in [2.45, 2.75) is 20.0 Å². The summed E-state index contributed by atoms with van der Waals surface area (Å²) in [5, 5.41) is 9.14. The highest BCUT2D eigenvalue weighted by Crippen LogP contribution is 2.13. The molecule has 0 saturated carbocycles. The van der Waals surface area contributed by atoms with E-state index < -0.39 is 6.10 Å². The van der Waals surface area contributed by atoms with Crippen molar-refractivity contribution in [2.75, 3.05) is 6.61 Å². The summed E-state index contributed by atoms with van der Waals surface area (Å²) < 4.78 is 5.20. The molecule has 1 aromatic heterocycles. The number of ether oxygens (including phenoxy) is 1. The van der Waals surface area contributed by atoms with Gasteiger partial charge in [0.05, 0.1) is 24.6 Å². The lowest BCUT2D eigenvalue weighted by Crippen LogP contribution is -1.96. The first-order valence-corrected chi connectivity index (χ1v) is 4.01. The largest absolute Gasteiger partial charge is 0.492 e. The van der Waals surface area contributed by atoms with E-state index in [4.69, 9.17) is 9.84 Å². The Labute approximate surface area is 72.0 Å². The summed E-state index contributed by atoms with van der Waals surface area (Å²) in [5.74, 6) is 0.738. The molecule has 1 N–H and O–H groups in total. The maximum atomic E-state index is 9.14. The summed E-state index contributed by atoms with van der Waals surface area (Å²) >= 11 is 0. The van der Waals surface area contributed by atoms with E-state index in [1.165, 1.54) is 0 Å². The number of hydrogen-bond donors (Lipinski definition) is 1. The van der Waals surface area contributed by atoms with Crippen LogP contribution in [0.4, 0.5) is 0 Å². The molecular weight excluding hydrogens is 154 g/mol. The van der Waals surface area contributed by atoms with Crippen molar-refractivity contribution in [2.24, 2.45) is 0 Å². The molecule has 0 aliphatic heterocycles. The first kappa shape index (κ1) is 9.00. The first-order chi connectivity index (χ1) is 5.74. The predicted octanol–water partition coefficient (Wildman–Crippen LogP) is 1.53. The minimum Gasteiger partial charge on any atom is -0.492 e. The molecule has 1 rings (SSSR count). The lowest BCUT2D eigenvalue weighted by Gasteiger charge is -2.05. The van der Waals surface area contributed by atoms with E-state index >= 15 is 0 Å². The van der Waals surface area contributed by atoms with Gasteiger partial charge in [0.1, 0.15) is 5.75 Å². The molecule has 3 nitrogen and oxygen atoms in total. The van der Waals surface area contributed by atoms with Crippen LogP contribution < -0.4 is 4.74 Å². The minimum absolute atomic E-state index is 0.513. The van der Waals surface area contributed by atoms with E-state index in [0.717, 1.165) is 5.75 Å². The standard InChI is InChI=1S/C9H13NO2/c1-3-12-8-4-5-9(7(2)11)10-6-8/h4-7,11H,3H2,1-2H3. The van der Waals surface area contributed by atoms with Crippen molar-refractivity contribution >= 4 is 0 Å². The molecule has 1 unspecified atom stereocenters. The van der Waals surface area contributed by atoms with Crippen LogP contribution in [-0.4, -0.2) is 16.7 Å². The summed E-state index contributed by atoms with van der Waals surface area (Å²) in [7, 11) is 0. The summed E-state index contributed by atoms with van der Waals surface area (Å²) in [4.78, 5) is 4.02. The Morgan fingerprint density at radius 3 is 2.75 bits per heavy atom. The van der Waals surface area contributed by atoms with Crippen molar-refractivity contribution in [3.63, 3.8) is 0 Å². The van der Waals surface area contributed by atoms with Gasteiger partial charge in [-0.25, -0.2) is 0 Å². The Morgan fingerprint density at radius 1 is 1.58 bits per heavy atom. The summed E-state index contributed by atoms with van der Waals surface area (Å²) in [6.07, 6.45) is 1.10. The maximum Gasteiger partial charge on any atom is 0.137 e. The van der Waals surface area contributed by atoms with Crippen molar-refractivity contribution < 1.29 is 9.84 Å². The van der Waals surface area contributed by atoms with Gasteiger partial charge in [0.2, 0.25) is 0 Å². The highest BCUT2D eigenvalue weighted by molar-refractivity contribution is 5.20. The average Bonchev–Trinajstić information content (AvgIpc) is 2.06. The van der Waals surface area contributed by atoms with E-state index in [9.17, 15) is 0 Å². The monoisotopic (exact) mass is 167 g/mol. The van der Waals surface area contributed by atoms with E-state index in [0.29, 0.717) is 12.3 Å². The zero-order valence-corrected chi connectivity index (χ0v) is 7.32. The Balaban J connectivity index is 2.71. The third kappa shape index (κ3) is 2.20. The van der Waals surface area contributed by atoms with Crippen LogP contribution in [0.1, 0.15) is 25.6 Å². The van der Waals surface area contributed by atoms with E-state index in [2.05, 4.69) is 4.98 Å². The lowest BCUT2D eigenvalue weighted by atomic mass is 10.2. The topological polar surface area (TPSA) is 42.4 Å². The molecule has 1 heterocycles. The molecule has 0 bridgehead atoms. The van der Waals surface area contributed by atoms with Crippen molar-refractivity contribution in [1.82, 2.24) is 4.98 Å². The second-order valence-corrected chi connectivity index (χ2v) is 2.53. The van der Waals surface area contributed by atoms with Gasteiger partial charge in [-0.15, -0.1) is 0 Å². The van der Waals surface area contributed by atoms with Gasteiger partial charge in [0.15, 0.2) is 0 Å². The number of aromatic nitrogens is 1. The highest BCUT2D eigenvalue weighted by atomic mass is 16.5. The van der Waals surface area contributed by atoms with Crippen LogP contribution in [-0.2, 0) is 0 Å². The van der Waals surface area contributed by atoms with Crippen LogP contribution in [0, 0.1) is 0 Å². The van der Waals surface area contributed by atoms with Gasteiger partial charge in [-0.2, -0.15) is 0 Å². The second-order valence-electron chi connectivity index (χ2n) is 2.53. The average molecular weight is 167 g/mol. The molecule has 0 amide bonds. The quantitative estimate of drug-likeness (QED) is 0.742. The SMILES string of the molecule is CCOc1ccc(C(C)O)nc1. The van der Waals surface area contributed by atoms with Gasteiger partial charge in [0.25, 0.3) is 0 Å².